The molecule has 1 fully saturated rings. The molecule has 124 valence electrons. The maximum atomic E-state index is 12.3. The van der Waals surface area contributed by atoms with Gasteiger partial charge in [0.2, 0.25) is 5.91 Å². The molecule has 23 heavy (non-hydrogen) atoms. The molecule has 1 unspecified atom stereocenters. The highest BCUT2D eigenvalue weighted by Gasteiger charge is 2.33. The van der Waals surface area contributed by atoms with Gasteiger partial charge in [-0.25, -0.2) is 9.97 Å². The fourth-order valence-electron chi connectivity index (χ4n) is 3.04. The van der Waals surface area contributed by atoms with Gasteiger partial charge in [0.15, 0.2) is 5.65 Å². The van der Waals surface area contributed by atoms with Crippen LogP contribution in [0.15, 0.2) is 18.3 Å². The summed E-state index contributed by atoms with van der Waals surface area (Å²) in [4.78, 5) is 21.6. The number of nitrogens with one attached hydrogen (secondary N) is 1. The minimum atomic E-state index is -0.0558. The number of carbonyl (C=O) groups excluding carboxylic acids is 1. The molecule has 1 aliphatic carbocycles. The zero-order valence-electron chi connectivity index (χ0n) is 14.4. The number of hydrogen-bond acceptors (Lipinski definition) is 3. The average molecular weight is 314 g/mol. The molecule has 1 atom stereocenters. The van der Waals surface area contributed by atoms with E-state index in [0.717, 1.165) is 36.3 Å². The van der Waals surface area contributed by atoms with E-state index in [1.54, 1.807) is 6.20 Å². The van der Waals surface area contributed by atoms with Crippen LogP contribution in [0.1, 0.15) is 64.9 Å². The first-order valence-electron chi connectivity index (χ1n) is 8.60. The van der Waals surface area contributed by atoms with E-state index in [0.29, 0.717) is 5.92 Å². The van der Waals surface area contributed by atoms with E-state index in [2.05, 4.69) is 42.6 Å². The van der Waals surface area contributed by atoms with E-state index in [9.17, 15) is 4.79 Å². The van der Waals surface area contributed by atoms with Crippen molar-refractivity contribution in [2.24, 2.45) is 11.8 Å². The number of amides is 1. The molecule has 0 bridgehead atoms. The Labute approximate surface area is 137 Å². The molecule has 5 nitrogen and oxygen atoms in total. The Morgan fingerprint density at radius 2 is 2.09 bits per heavy atom. The third-order valence-electron chi connectivity index (χ3n) is 4.28. The van der Waals surface area contributed by atoms with Crippen LogP contribution in [0.3, 0.4) is 0 Å². The van der Waals surface area contributed by atoms with Crippen LogP contribution < -0.4 is 5.32 Å². The van der Waals surface area contributed by atoms with Crippen molar-refractivity contribution in [3.63, 3.8) is 0 Å². The normalized spacial score (nSPS) is 16.3. The average Bonchev–Trinajstić information content (AvgIpc) is 3.25. The quantitative estimate of drug-likeness (QED) is 0.886. The molecule has 5 heteroatoms. The molecule has 1 N–H and O–H groups in total. The van der Waals surface area contributed by atoms with Crippen molar-refractivity contribution in [1.29, 1.82) is 0 Å². The predicted octanol–water partition coefficient (Wildman–Crippen LogP) is 3.63. The number of imidazole rings is 1. The molecule has 1 amide bonds. The van der Waals surface area contributed by atoms with E-state index in [4.69, 9.17) is 4.98 Å². The van der Waals surface area contributed by atoms with Crippen molar-refractivity contribution >= 4 is 17.1 Å². The van der Waals surface area contributed by atoms with Gasteiger partial charge in [-0.3, -0.25) is 4.79 Å². The maximum Gasteiger partial charge on any atom is 0.223 e. The van der Waals surface area contributed by atoms with E-state index >= 15 is 0 Å². The van der Waals surface area contributed by atoms with Gasteiger partial charge in [-0.2, -0.15) is 0 Å². The van der Waals surface area contributed by atoms with Crippen LogP contribution in [-0.4, -0.2) is 20.4 Å². The predicted molar refractivity (Wildman–Crippen MR) is 91.0 cm³/mol. The number of rotatable bonds is 6. The second-order valence-corrected chi connectivity index (χ2v) is 7.24. The summed E-state index contributed by atoms with van der Waals surface area (Å²) in [5.74, 6) is 1.79. The van der Waals surface area contributed by atoms with Crippen LogP contribution >= 0.6 is 0 Å². The molecule has 0 aliphatic heterocycles. The Balaban J connectivity index is 2.01. The maximum absolute atomic E-state index is 12.3. The second kappa shape index (κ2) is 6.30. The summed E-state index contributed by atoms with van der Waals surface area (Å²) < 4.78 is 2.16. The van der Waals surface area contributed by atoms with E-state index < -0.39 is 0 Å². The summed E-state index contributed by atoms with van der Waals surface area (Å²) in [7, 11) is 0. The van der Waals surface area contributed by atoms with Crippen molar-refractivity contribution in [2.75, 3.05) is 0 Å². The van der Waals surface area contributed by atoms with Crippen LogP contribution in [0.5, 0.6) is 0 Å². The molecule has 2 heterocycles. The van der Waals surface area contributed by atoms with Crippen LogP contribution in [0.2, 0.25) is 0 Å². The number of aromatic nitrogens is 3. The summed E-state index contributed by atoms with van der Waals surface area (Å²) in [6.45, 7) is 8.62. The van der Waals surface area contributed by atoms with Gasteiger partial charge in [-0.05, 0) is 51.2 Å². The minimum Gasteiger partial charge on any atom is -0.346 e. The van der Waals surface area contributed by atoms with Gasteiger partial charge >= 0.3 is 0 Å². The van der Waals surface area contributed by atoms with Gasteiger partial charge < -0.3 is 9.88 Å². The molecular formula is C18H26N4O. The van der Waals surface area contributed by atoms with Gasteiger partial charge in [0.05, 0.1) is 6.04 Å². The third-order valence-corrected chi connectivity index (χ3v) is 4.28. The van der Waals surface area contributed by atoms with E-state index in [1.165, 1.54) is 0 Å². The minimum absolute atomic E-state index is 0.0558. The van der Waals surface area contributed by atoms with Crippen LogP contribution in [0.4, 0.5) is 0 Å². The van der Waals surface area contributed by atoms with E-state index in [1.807, 2.05) is 12.1 Å². The smallest absolute Gasteiger partial charge is 0.223 e. The van der Waals surface area contributed by atoms with Crippen LogP contribution in [0.25, 0.3) is 11.2 Å². The lowest BCUT2D eigenvalue weighted by Crippen LogP contribution is -2.32. The first-order valence-corrected chi connectivity index (χ1v) is 8.60. The van der Waals surface area contributed by atoms with Crippen LogP contribution in [-0.2, 0) is 4.79 Å². The third kappa shape index (κ3) is 3.38. The zero-order chi connectivity index (χ0) is 16.6. The van der Waals surface area contributed by atoms with Crippen molar-refractivity contribution in [2.45, 2.75) is 59.0 Å². The van der Waals surface area contributed by atoms with Gasteiger partial charge in [0.25, 0.3) is 0 Å². The lowest BCUT2D eigenvalue weighted by molar-refractivity contribution is -0.123. The number of hydrogen-bond donors (Lipinski definition) is 1. The van der Waals surface area contributed by atoms with Gasteiger partial charge in [0, 0.05) is 18.2 Å². The first kappa shape index (κ1) is 16.0. The SMILES string of the molecule is CC(C)CC(NC(=O)C1CC1)c1nc2cccnc2n1C(C)C. The highest BCUT2D eigenvalue weighted by molar-refractivity contribution is 5.81. The zero-order valence-corrected chi connectivity index (χ0v) is 14.4. The van der Waals surface area contributed by atoms with Crippen molar-refractivity contribution < 1.29 is 4.79 Å². The molecule has 0 saturated heterocycles. The highest BCUT2D eigenvalue weighted by atomic mass is 16.2. The van der Waals surface area contributed by atoms with Crippen molar-refractivity contribution in [1.82, 2.24) is 19.9 Å². The Morgan fingerprint density at radius 3 is 2.70 bits per heavy atom. The molecule has 2 aromatic heterocycles. The van der Waals surface area contributed by atoms with E-state index in [-0.39, 0.29) is 23.9 Å². The molecule has 1 aliphatic rings. The monoisotopic (exact) mass is 314 g/mol. The Hall–Kier alpha value is -1.91. The molecule has 0 spiro atoms. The summed E-state index contributed by atoms with van der Waals surface area (Å²) in [6, 6.07) is 4.08. The topological polar surface area (TPSA) is 59.8 Å². The van der Waals surface area contributed by atoms with Gasteiger partial charge in [-0.1, -0.05) is 13.8 Å². The highest BCUT2D eigenvalue weighted by Crippen LogP contribution is 2.32. The fraction of sp³-hybridized carbons (Fsp3) is 0.611. The largest absolute Gasteiger partial charge is 0.346 e. The molecule has 1 saturated carbocycles. The van der Waals surface area contributed by atoms with Gasteiger partial charge in [0.1, 0.15) is 11.3 Å². The van der Waals surface area contributed by atoms with Crippen molar-refractivity contribution in [3.05, 3.63) is 24.2 Å². The fourth-order valence-corrected chi connectivity index (χ4v) is 3.04. The van der Waals surface area contributed by atoms with Crippen molar-refractivity contribution in [3.8, 4) is 0 Å². The number of nitrogens with zero attached hydrogens (tertiary/aromatic N) is 3. The standard InChI is InChI=1S/C18H26N4O/c1-11(2)10-15(21-18(23)13-7-8-13)17-20-14-6-5-9-19-16(14)22(17)12(3)4/h5-6,9,11-13,15H,7-8,10H2,1-4H3,(H,21,23). The van der Waals surface area contributed by atoms with Crippen LogP contribution in [0, 0.1) is 11.8 Å². The number of carbonyl (C=O) groups is 1. The number of fused-ring (bicyclic) bond motifs is 1. The lowest BCUT2D eigenvalue weighted by atomic mass is 10.0. The Morgan fingerprint density at radius 1 is 1.35 bits per heavy atom. The first-order chi connectivity index (χ1) is 11.0. The summed E-state index contributed by atoms with van der Waals surface area (Å²) in [6.07, 6.45) is 4.71. The summed E-state index contributed by atoms with van der Waals surface area (Å²) >= 11 is 0. The Bertz CT molecular complexity index is 700. The molecule has 0 aromatic carbocycles. The Kier molecular flexibility index (Phi) is 4.37. The lowest BCUT2D eigenvalue weighted by Gasteiger charge is -2.23. The molecule has 3 rings (SSSR count). The second-order valence-electron chi connectivity index (χ2n) is 7.24. The summed E-state index contributed by atoms with van der Waals surface area (Å²) in [5, 5.41) is 3.23. The molecule has 0 radical (unpaired) electrons. The van der Waals surface area contributed by atoms with Gasteiger partial charge in [-0.15, -0.1) is 0 Å². The summed E-state index contributed by atoms with van der Waals surface area (Å²) in [5.41, 5.74) is 1.79. The number of pyridine rings is 1. The molecule has 2 aromatic rings. The molecular weight excluding hydrogens is 288 g/mol.